The van der Waals surface area contributed by atoms with Crippen LogP contribution in [0.15, 0.2) is 12.1 Å². The van der Waals surface area contributed by atoms with E-state index in [1.807, 2.05) is 13.0 Å². The molecule has 0 spiro atoms. The highest BCUT2D eigenvalue weighted by molar-refractivity contribution is 7.71. The zero-order valence-corrected chi connectivity index (χ0v) is 12.9. The average Bonchev–Trinajstić information content (AvgIpc) is 2.70. The zero-order valence-electron chi connectivity index (χ0n) is 12.1. The van der Waals surface area contributed by atoms with Gasteiger partial charge in [-0.2, -0.15) is 0 Å². The molecular formula is C15H23N3S. The van der Waals surface area contributed by atoms with E-state index in [9.17, 15) is 0 Å². The van der Waals surface area contributed by atoms with Gasteiger partial charge in [-0.3, -0.25) is 4.57 Å². The van der Waals surface area contributed by atoms with Crippen LogP contribution < -0.4 is 0 Å². The molecule has 0 aromatic carbocycles. The van der Waals surface area contributed by atoms with Crippen LogP contribution in [0.2, 0.25) is 0 Å². The first-order valence-electron chi connectivity index (χ1n) is 7.25. The number of aromatic nitrogens is 3. The van der Waals surface area contributed by atoms with Crippen molar-refractivity contribution in [3.63, 3.8) is 0 Å². The van der Waals surface area contributed by atoms with Crippen molar-refractivity contribution >= 4 is 23.4 Å². The van der Waals surface area contributed by atoms with Gasteiger partial charge in [-0.1, -0.05) is 33.1 Å². The number of rotatable bonds is 6. The molecule has 1 N–H and O–H groups in total. The summed E-state index contributed by atoms with van der Waals surface area (Å²) in [6, 6.07) is 4.58. The molecule has 0 bridgehead atoms. The summed E-state index contributed by atoms with van der Waals surface area (Å²) in [5.41, 5.74) is 3.11. The van der Waals surface area contributed by atoms with Gasteiger partial charge in [0.15, 0.2) is 10.4 Å². The van der Waals surface area contributed by atoms with E-state index in [4.69, 9.17) is 12.2 Å². The molecule has 104 valence electrons. The average molecular weight is 277 g/mol. The first-order chi connectivity index (χ1) is 9.17. The number of aryl methyl sites for hydroxylation is 1. The minimum absolute atomic E-state index is 0.473. The third-order valence-corrected chi connectivity index (χ3v) is 3.88. The van der Waals surface area contributed by atoms with E-state index in [0.29, 0.717) is 6.04 Å². The Bertz CT molecular complexity index is 597. The van der Waals surface area contributed by atoms with Gasteiger partial charge in [0.1, 0.15) is 0 Å². The van der Waals surface area contributed by atoms with E-state index in [1.54, 1.807) is 0 Å². The van der Waals surface area contributed by atoms with Crippen molar-refractivity contribution in [1.82, 2.24) is 14.5 Å². The van der Waals surface area contributed by atoms with Gasteiger partial charge in [-0.15, -0.1) is 0 Å². The summed E-state index contributed by atoms with van der Waals surface area (Å²) < 4.78 is 3.04. The molecule has 0 saturated carbocycles. The minimum atomic E-state index is 0.473. The molecule has 1 unspecified atom stereocenters. The van der Waals surface area contributed by atoms with Gasteiger partial charge >= 0.3 is 0 Å². The summed E-state index contributed by atoms with van der Waals surface area (Å²) in [6.45, 7) is 6.50. The maximum absolute atomic E-state index is 5.50. The lowest BCUT2D eigenvalue weighted by Gasteiger charge is -2.18. The molecule has 4 heteroatoms. The van der Waals surface area contributed by atoms with Gasteiger partial charge in [-0.25, -0.2) is 4.98 Å². The Balaban J connectivity index is 2.48. The SMILES string of the molecule is CCCCC(CCC)n1c(=S)[nH]c2ccc(C)nc21. The Morgan fingerprint density at radius 1 is 1.26 bits per heavy atom. The Labute approximate surface area is 120 Å². The van der Waals surface area contributed by atoms with Crippen LogP contribution in [-0.2, 0) is 0 Å². The highest BCUT2D eigenvalue weighted by atomic mass is 32.1. The van der Waals surface area contributed by atoms with E-state index in [-0.39, 0.29) is 0 Å². The Morgan fingerprint density at radius 3 is 2.74 bits per heavy atom. The molecule has 0 radical (unpaired) electrons. The maximum atomic E-state index is 5.50. The Hall–Kier alpha value is -1.16. The second-order valence-corrected chi connectivity index (χ2v) is 5.60. The smallest absolute Gasteiger partial charge is 0.179 e. The molecule has 0 aliphatic carbocycles. The van der Waals surface area contributed by atoms with Crippen LogP contribution in [0.3, 0.4) is 0 Å². The lowest BCUT2D eigenvalue weighted by Crippen LogP contribution is -2.10. The summed E-state index contributed by atoms with van der Waals surface area (Å²) in [5.74, 6) is 0. The molecule has 0 saturated heterocycles. The molecule has 2 heterocycles. The molecule has 3 nitrogen and oxygen atoms in total. The highest BCUT2D eigenvalue weighted by Gasteiger charge is 2.15. The number of imidazole rings is 1. The third kappa shape index (κ3) is 3.06. The monoisotopic (exact) mass is 277 g/mol. The predicted molar refractivity (Wildman–Crippen MR) is 83.1 cm³/mol. The number of nitrogens with one attached hydrogen (secondary N) is 1. The number of hydrogen-bond donors (Lipinski definition) is 1. The van der Waals surface area contributed by atoms with Gasteiger partial charge in [0, 0.05) is 11.7 Å². The van der Waals surface area contributed by atoms with Gasteiger partial charge in [0.2, 0.25) is 0 Å². The Kier molecular flexibility index (Phi) is 4.75. The molecule has 2 aromatic rings. The second kappa shape index (κ2) is 6.33. The number of unbranched alkanes of at least 4 members (excludes halogenated alkanes) is 1. The lowest BCUT2D eigenvalue weighted by atomic mass is 10.1. The normalized spacial score (nSPS) is 13.0. The number of hydrogen-bond acceptors (Lipinski definition) is 2. The number of H-pyrrole nitrogens is 1. The van der Waals surface area contributed by atoms with Crippen molar-refractivity contribution in [2.45, 2.75) is 58.9 Å². The standard InChI is InChI=1S/C15H23N3S/c1-4-6-8-12(7-5-2)18-14-13(17-15(18)19)10-9-11(3)16-14/h9-10,12H,4-8H2,1-3H3,(H,17,19). The Morgan fingerprint density at radius 2 is 2.05 bits per heavy atom. The fourth-order valence-electron chi connectivity index (χ4n) is 2.61. The van der Waals surface area contributed by atoms with Crippen molar-refractivity contribution in [3.05, 3.63) is 22.6 Å². The largest absolute Gasteiger partial charge is 0.329 e. The molecule has 0 aliphatic heterocycles. The van der Waals surface area contributed by atoms with Crippen LogP contribution in [0.25, 0.3) is 11.2 Å². The number of pyridine rings is 1. The topological polar surface area (TPSA) is 33.6 Å². The first kappa shape index (κ1) is 14.3. The number of fused-ring (bicyclic) bond motifs is 1. The van der Waals surface area contributed by atoms with Crippen LogP contribution in [0.5, 0.6) is 0 Å². The van der Waals surface area contributed by atoms with Crippen molar-refractivity contribution in [2.24, 2.45) is 0 Å². The van der Waals surface area contributed by atoms with Gasteiger partial charge < -0.3 is 4.98 Å². The van der Waals surface area contributed by atoms with E-state index < -0.39 is 0 Å². The quantitative estimate of drug-likeness (QED) is 0.759. The molecule has 2 aromatic heterocycles. The van der Waals surface area contributed by atoms with Crippen molar-refractivity contribution in [3.8, 4) is 0 Å². The van der Waals surface area contributed by atoms with E-state index >= 15 is 0 Å². The van der Waals surface area contributed by atoms with Crippen LogP contribution in [0.4, 0.5) is 0 Å². The lowest BCUT2D eigenvalue weighted by molar-refractivity contribution is 0.420. The molecule has 19 heavy (non-hydrogen) atoms. The first-order valence-corrected chi connectivity index (χ1v) is 7.66. The number of aromatic amines is 1. The van der Waals surface area contributed by atoms with Gasteiger partial charge in [0.25, 0.3) is 0 Å². The summed E-state index contributed by atoms with van der Waals surface area (Å²) in [4.78, 5) is 7.96. The van der Waals surface area contributed by atoms with Crippen molar-refractivity contribution in [1.29, 1.82) is 0 Å². The van der Waals surface area contributed by atoms with Crippen LogP contribution in [0.1, 0.15) is 57.7 Å². The summed E-state index contributed by atoms with van der Waals surface area (Å²) in [5, 5.41) is 0. The third-order valence-electron chi connectivity index (χ3n) is 3.58. The second-order valence-electron chi connectivity index (χ2n) is 5.21. The maximum Gasteiger partial charge on any atom is 0.179 e. The fraction of sp³-hybridized carbons (Fsp3) is 0.600. The van der Waals surface area contributed by atoms with Crippen LogP contribution in [0, 0.1) is 11.7 Å². The zero-order chi connectivity index (χ0) is 13.8. The van der Waals surface area contributed by atoms with Crippen molar-refractivity contribution < 1.29 is 0 Å². The molecule has 0 fully saturated rings. The van der Waals surface area contributed by atoms with Crippen LogP contribution in [-0.4, -0.2) is 14.5 Å². The minimum Gasteiger partial charge on any atom is -0.329 e. The molecular weight excluding hydrogens is 254 g/mol. The summed E-state index contributed by atoms with van der Waals surface area (Å²) in [7, 11) is 0. The summed E-state index contributed by atoms with van der Waals surface area (Å²) in [6.07, 6.45) is 5.99. The molecule has 2 rings (SSSR count). The summed E-state index contributed by atoms with van der Waals surface area (Å²) >= 11 is 5.50. The number of nitrogens with zero attached hydrogens (tertiary/aromatic N) is 2. The van der Waals surface area contributed by atoms with Gasteiger partial charge in [-0.05, 0) is 44.1 Å². The van der Waals surface area contributed by atoms with Crippen LogP contribution >= 0.6 is 12.2 Å². The fourth-order valence-corrected chi connectivity index (χ4v) is 2.96. The van der Waals surface area contributed by atoms with Crippen molar-refractivity contribution in [2.75, 3.05) is 0 Å². The predicted octanol–water partition coefficient (Wildman–Crippen LogP) is 4.93. The van der Waals surface area contributed by atoms with E-state index in [0.717, 1.165) is 28.0 Å². The highest BCUT2D eigenvalue weighted by Crippen LogP contribution is 2.25. The molecule has 0 amide bonds. The van der Waals surface area contributed by atoms with E-state index in [2.05, 4.69) is 34.4 Å². The molecule has 1 atom stereocenters. The van der Waals surface area contributed by atoms with E-state index in [1.165, 1.54) is 25.7 Å². The molecule has 0 aliphatic rings. The van der Waals surface area contributed by atoms with Gasteiger partial charge in [0.05, 0.1) is 5.52 Å².